The molecule has 4 atom stereocenters. The molecule has 2 fully saturated rings. The molecule has 1 aliphatic carbocycles. The normalized spacial score (nSPS) is 25.6. The Balaban J connectivity index is 1.76. The lowest BCUT2D eigenvalue weighted by Gasteiger charge is -2.32. The SMILES string of the molecule is CC(Cc1ccccc1)(SN=O)P(=O)(O)CC(=O)N1CC(C2CCCCC2)CC1C(=O)O. The second-order valence-electron chi connectivity index (χ2n) is 9.16. The highest BCUT2D eigenvalue weighted by Gasteiger charge is 2.49. The number of carboxylic acid groups (broad SMARTS) is 1. The Morgan fingerprint density at radius 2 is 1.84 bits per heavy atom. The van der Waals surface area contributed by atoms with Gasteiger partial charge in [-0.15, -0.1) is 4.91 Å². The van der Waals surface area contributed by atoms with Gasteiger partial charge in [0, 0.05) is 23.1 Å². The van der Waals surface area contributed by atoms with Gasteiger partial charge in [-0.2, -0.15) is 0 Å². The monoisotopic (exact) mass is 482 g/mol. The van der Waals surface area contributed by atoms with E-state index in [1.165, 1.54) is 18.2 Å². The quantitative estimate of drug-likeness (QED) is 0.301. The molecule has 3 rings (SSSR count). The predicted molar refractivity (Wildman–Crippen MR) is 124 cm³/mol. The van der Waals surface area contributed by atoms with Crippen molar-refractivity contribution >= 4 is 31.2 Å². The summed E-state index contributed by atoms with van der Waals surface area (Å²) < 4.78 is 14.7. The number of hydrogen-bond acceptors (Lipinski definition) is 6. The van der Waals surface area contributed by atoms with Gasteiger partial charge in [0.1, 0.15) is 16.7 Å². The van der Waals surface area contributed by atoms with Crippen molar-refractivity contribution in [3.8, 4) is 0 Å². The molecule has 1 aliphatic heterocycles. The van der Waals surface area contributed by atoms with E-state index < -0.39 is 35.9 Å². The third-order valence-electron chi connectivity index (χ3n) is 6.95. The Labute approximate surface area is 192 Å². The number of likely N-dealkylation sites (tertiary alicyclic amines) is 1. The van der Waals surface area contributed by atoms with Crippen molar-refractivity contribution in [3.63, 3.8) is 0 Å². The number of carbonyl (C=O) groups excluding carboxylic acids is 1. The molecule has 10 heteroatoms. The van der Waals surface area contributed by atoms with Crippen LogP contribution >= 0.6 is 19.3 Å². The average molecular weight is 483 g/mol. The van der Waals surface area contributed by atoms with Crippen LogP contribution in [0.5, 0.6) is 0 Å². The summed E-state index contributed by atoms with van der Waals surface area (Å²) in [4.78, 5) is 48.3. The number of carboxylic acids is 1. The standard InChI is InChI=1S/C22H31N2O6PS/c1-22(32-23-28,13-16-8-4-2-5-9-16)31(29,30)15-20(25)24-14-18(12-19(24)21(26)27)17-10-6-3-7-11-17/h2,4-5,8-9,17-19H,3,6-7,10-15H2,1H3,(H,26,27)(H,29,30). The van der Waals surface area contributed by atoms with Gasteiger partial charge in [0.05, 0.1) is 0 Å². The van der Waals surface area contributed by atoms with Gasteiger partial charge < -0.3 is 14.9 Å². The van der Waals surface area contributed by atoms with Crippen molar-refractivity contribution in [2.24, 2.45) is 16.4 Å². The molecule has 1 aromatic rings. The van der Waals surface area contributed by atoms with E-state index in [4.69, 9.17) is 0 Å². The summed E-state index contributed by atoms with van der Waals surface area (Å²) in [5, 5.41) is 9.70. The predicted octanol–water partition coefficient (Wildman–Crippen LogP) is 4.51. The summed E-state index contributed by atoms with van der Waals surface area (Å²) in [5.74, 6) is -1.24. The third-order valence-corrected chi connectivity index (χ3v) is 11.0. The molecule has 32 heavy (non-hydrogen) atoms. The lowest BCUT2D eigenvalue weighted by molar-refractivity contribution is -0.147. The van der Waals surface area contributed by atoms with Gasteiger partial charge in [0.15, 0.2) is 0 Å². The second kappa shape index (κ2) is 10.5. The van der Waals surface area contributed by atoms with E-state index in [9.17, 15) is 29.1 Å². The highest BCUT2D eigenvalue weighted by molar-refractivity contribution is 8.05. The summed E-state index contributed by atoms with van der Waals surface area (Å²) in [6, 6.07) is 7.97. The van der Waals surface area contributed by atoms with Crippen LogP contribution in [0, 0.1) is 16.7 Å². The largest absolute Gasteiger partial charge is 0.480 e. The van der Waals surface area contributed by atoms with Gasteiger partial charge >= 0.3 is 5.97 Å². The number of nitrogens with zero attached hydrogens (tertiary/aromatic N) is 2. The first-order chi connectivity index (χ1) is 15.2. The highest BCUT2D eigenvalue weighted by Crippen LogP contribution is 2.61. The van der Waals surface area contributed by atoms with Gasteiger partial charge in [-0.05, 0) is 37.2 Å². The Hall–Kier alpha value is -1.70. The minimum Gasteiger partial charge on any atom is -0.480 e. The third kappa shape index (κ3) is 5.61. The van der Waals surface area contributed by atoms with Gasteiger partial charge in [0.25, 0.3) is 0 Å². The van der Waals surface area contributed by atoms with Crippen LogP contribution in [0.1, 0.15) is 51.0 Å². The summed E-state index contributed by atoms with van der Waals surface area (Å²) in [5.41, 5.74) is 0.745. The maximum absolute atomic E-state index is 13.4. The fourth-order valence-corrected chi connectivity index (χ4v) is 7.55. The molecule has 0 spiro atoms. The first kappa shape index (κ1) is 24.9. The minimum atomic E-state index is -4.23. The zero-order chi connectivity index (χ0) is 23.4. The van der Waals surface area contributed by atoms with Crippen LogP contribution in [0.15, 0.2) is 34.9 Å². The Bertz CT molecular complexity index is 878. The van der Waals surface area contributed by atoms with Crippen molar-refractivity contribution in [2.45, 2.75) is 62.4 Å². The summed E-state index contributed by atoms with van der Waals surface area (Å²) in [6.45, 7) is 1.76. The first-order valence-electron chi connectivity index (χ1n) is 11.1. The van der Waals surface area contributed by atoms with Crippen molar-refractivity contribution < 1.29 is 24.2 Å². The maximum atomic E-state index is 13.4. The molecule has 8 nitrogen and oxygen atoms in total. The number of rotatable bonds is 9. The first-order valence-corrected chi connectivity index (χ1v) is 13.7. The van der Waals surface area contributed by atoms with E-state index in [2.05, 4.69) is 4.58 Å². The number of amides is 1. The molecule has 1 aromatic carbocycles. The lowest BCUT2D eigenvalue weighted by atomic mass is 9.79. The van der Waals surface area contributed by atoms with Crippen molar-refractivity contribution in [1.29, 1.82) is 0 Å². The summed E-state index contributed by atoms with van der Waals surface area (Å²) in [7, 11) is -4.23. The Morgan fingerprint density at radius 3 is 2.44 bits per heavy atom. The zero-order valence-electron chi connectivity index (χ0n) is 18.3. The molecule has 0 radical (unpaired) electrons. The van der Waals surface area contributed by atoms with E-state index in [1.54, 1.807) is 24.3 Å². The van der Waals surface area contributed by atoms with Gasteiger partial charge in [-0.25, -0.2) is 4.79 Å². The molecule has 1 heterocycles. The van der Waals surface area contributed by atoms with Crippen molar-refractivity contribution in [3.05, 3.63) is 40.8 Å². The molecule has 176 valence electrons. The highest BCUT2D eigenvalue weighted by atomic mass is 32.2. The number of hydrogen-bond donors (Lipinski definition) is 2. The molecule has 4 unspecified atom stereocenters. The minimum absolute atomic E-state index is 0.0817. The number of carbonyl (C=O) groups is 2. The molecular formula is C22H31N2O6PS. The molecule has 0 aromatic heterocycles. The smallest absolute Gasteiger partial charge is 0.326 e. The number of benzene rings is 1. The molecule has 1 saturated carbocycles. The van der Waals surface area contributed by atoms with Gasteiger partial charge in [-0.1, -0.05) is 62.4 Å². The van der Waals surface area contributed by atoms with Crippen LogP contribution in [-0.2, 0) is 20.6 Å². The van der Waals surface area contributed by atoms with Crippen LogP contribution in [-0.4, -0.2) is 50.0 Å². The maximum Gasteiger partial charge on any atom is 0.326 e. The number of aliphatic carboxylic acids is 1. The van der Waals surface area contributed by atoms with E-state index in [0.717, 1.165) is 31.2 Å². The lowest BCUT2D eigenvalue weighted by Crippen LogP contribution is -2.43. The topological polar surface area (TPSA) is 124 Å². The van der Waals surface area contributed by atoms with Crippen LogP contribution in [0.25, 0.3) is 0 Å². The second-order valence-corrected chi connectivity index (χ2v) is 13.4. The van der Waals surface area contributed by atoms with Gasteiger partial charge in [0.2, 0.25) is 13.3 Å². The van der Waals surface area contributed by atoms with E-state index in [1.807, 2.05) is 6.07 Å². The number of nitroso groups, excluding NO2 is 1. The fourth-order valence-electron chi connectivity index (χ4n) is 5.04. The van der Waals surface area contributed by atoms with Crippen LogP contribution < -0.4 is 0 Å². The molecule has 1 amide bonds. The van der Waals surface area contributed by atoms with Crippen molar-refractivity contribution in [1.82, 2.24) is 4.90 Å². The van der Waals surface area contributed by atoms with Crippen molar-refractivity contribution in [2.75, 3.05) is 12.7 Å². The van der Waals surface area contributed by atoms with E-state index in [-0.39, 0.29) is 12.3 Å². The average Bonchev–Trinajstić information content (AvgIpc) is 3.21. The Morgan fingerprint density at radius 1 is 1.19 bits per heavy atom. The molecule has 2 aliphatic rings. The van der Waals surface area contributed by atoms with Crippen LogP contribution in [0.3, 0.4) is 0 Å². The molecule has 0 bridgehead atoms. The van der Waals surface area contributed by atoms with Crippen LogP contribution in [0.2, 0.25) is 0 Å². The summed E-state index contributed by atoms with van der Waals surface area (Å²) in [6.07, 6.45) is 5.25. The molecular weight excluding hydrogens is 451 g/mol. The fraction of sp³-hybridized carbons (Fsp3) is 0.636. The molecule has 2 N–H and O–H groups in total. The van der Waals surface area contributed by atoms with Gasteiger partial charge in [-0.3, -0.25) is 9.36 Å². The Kier molecular flexibility index (Phi) is 8.17. The van der Waals surface area contributed by atoms with E-state index >= 15 is 0 Å². The molecule has 1 saturated heterocycles. The summed E-state index contributed by atoms with van der Waals surface area (Å²) >= 11 is 0.465. The zero-order valence-corrected chi connectivity index (χ0v) is 20.0. The van der Waals surface area contributed by atoms with E-state index in [0.29, 0.717) is 30.8 Å². The van der Waals surface area contributed by atoms with Crippen LogP contribution in [0.4, 0.5) is 0 Å².